The molecule has 1 amide bonds. The zero-order chi connectivity index (χ0) is 12.8. The fourth-order valence-corrected chi connectivity index (χ4v) is 1.54. The molecule has 1 aromatic carbocycles. The van der Waals surface area contributed by atoms with Crippen LogP contribution in [0.4, 0.5) is 4.39 Å². The molecule has 1 atom stereocenters. The maximum atomic E-state index is 13.3. The van der Waals surface area contributed by atoms with Crippen LogP contribution in [0.25, 0.3) is 0 Å². The van der Waals surface area contributed by atoms with Crippen LogP contribution in [0.2, 0.25) is 0 Å². The molecular weight excluding hydrogens is 219 g/mol. The van der Waals surface area contributed by atoms with Crippen molar-refractivity contribution in [2.45, 2.75) is 26.8 Å². The van der Waals surface area contributed by atoms with Crippen LogP contribution in [-0.2, 0) is 11.3 Å². The van der Waals surface area contributed by atoms with Gasteiger partial charge in [-0.05, 0) is 30.5 Å². The minimum Gasteiger partial charge on any atom is -0.352 e. The van der Waals surface area contributed by atoms with Crippen molar-refractivity contribution in [3.05, 3.63) is 35.1 Å². The van der Waals surface area contributed by atoms with Crippen molar-refractivity contribution in [2.24, 2.45) is 11.7 Å². The molecule has 0 bridgehead atoms. The van der Waals surface area contributed by atoms with Crippen LogP contribution in [-0.4, -0.2) is 12.5 Å². The molecule has 0 aliphatic heterocycles. The van der Waals surface area contributed by atoms with Gasteiger partial charge in [-0.1, -0.05) is 19.1 Å². The van der Waals surface area contributed by atoms with Gasteiger partial charge in [0.05, 0.1) is 0 Å². The molecule has 17 heavy (non-hydrogen) atoms. The minimum atomic E-state index is -0.248. The highest BCUT2D eigenvalue weighted by Gasteiger charge is 2.13. The summed E-state index contributed by atoms with van der Waals surface area (Å²) in [5.74, 6) is -0.483. The molecule has 0 aliphatic carbocycles. The Bertz CT molecular complexity index is 389. The third kappa shape index (κ3) is 3.82. The van der Waals surface area contributed by atoms with Gasteiger partial charge < -0.3 is 11.1 Å². The highest BCUT2D eigenvalue weighted by Crippen LogP contribution is 2.09. The Labute approximate surface area is 101 Å². The Balaban J connectivity index is 2.55. The van der Waals surface area contributed by atoms with Gasteiger partial charge in [0, 0.05) is 19.0 Å². The standard InChI is InChI=1S/C13H19FN2O/c1-3-11(7-15)13(17)16-8-10-5-4-9(2)12(14)6-10/h4-6,11H,3,7-8,15H2,1-2H3,(H,16,17). The maximum Gasteiger partial charge on any atom is 0.224 e. The number of benzene rings is 1. The van der Waals surface area contributed by atoms with Crippen molar-refractivity contribution in [1.29, 1.82) is 0 Å². The predicted octanol–water partition coefficient (Wildman–Crippen LogP) is 1.74. The lowest BCUT2D eigenvalue weighted by molar-refractivity contribution is -0.124. The van der Waals surface area contributed by atoms with Crippen molar-refractivity contribution in [2.75, 3.05) is 6.54 Å². The molecule has 0 radical (unpaired) electrons. The van der Waals surface area contributed by atoms with E-state index in [-0.39, 0.29) is 17.6 Å². The van der Waals surface area contributed by atoms with E-state index >= 15 is 0 Å². The molecule has 1 aromatic rings. The van der Waals surface area contributed by atoms with Crippen molar-refractivity contribution in [1.82, 2.24) is 5.32 Å². The van der Waals surface area contributed by atoms with Crippen LogP contribution in [0.3, 0.4) is 0 Å². The third-order valence-corrected chi connectivity index (χ3v) is 2.85. The van der Waals surface area contributed by atoms with E-state index < -0.39 is 0 Å². The van der Waals surface area contributed by atoms with Gasteiger partial charge in [-0.3, -0.25) is 4.79 Å². The van der Waals surface area contributed by atoms with Gasteiger partial charge in [-0.25, -0.2) is 4.39 Å². The number of carbonyl (C=O) groups excluding carboxylic acids is 1. The van der Waals surface area contributed by atoms with E-state index in [0.29, 0.717) is 25.1 Å². The molecule has 0 spiro atoms. The topological polar surface area (TPSA) is 55.1 Å². The van der Waals surface area contributed by atoms with Crippen LogP contribution in [0.15, 0.2) is 18.2 Å². The van der Waals surface area contributed by atoms with Crippen LogP contribution in [0, 0.1) is 18.7 Å². The summed E-state index contributed by atoms with van der Waals surface area (Å²) in [5, 5.41) is 2.76. The molecule has 0 fully saturated rings. The lowest BCUT2D eigenvalue weighted by Crippen LogP contribution is -2.34. The monoisotopic (exact) mass is 238 g/mol. The lowest BCUT2D eigenvalue weighted by Gasteiger charge is -2.12. The minimum absolute atomic E-state index is 0.0732. The second-order valence-electron chi connectivity index (χ2n) is 4.14. The normalized spacial score (nSPS) is 12.2. The van der Waals surface area contributed by atoms with Crippen molar-refractivity contribution in [3.8, 4) is 0 Å². The van der Waals surface area contributed by atoms with Gasteiger partial charge in [0.2, 0.25) is 5.91 Å². The Morgan fingerprint density at radius 3 is 2.76 bits per heavy atom. The zero-order valence-corrected chi connectivity index (χ0v) is 10.3. The molecule has 0 saturated heterocycles. The van der Waals surface area contributed by atoms with E-state index in [4.69, 9.17) is 5.73 Å². The van der Waals surface area contributed by atoms with E-state index in [0.717, 1.165) is 5.56 Å². The Morgan fingerprint density at radius 1 is 1.53 bits per heavy atom. The Kier molecular flexibility index (Phi) is 5.10. The quantitative estimate of drug-likeness (QED) is 0.821. The second-order valence-corrected chi connectivity index (χ2v) is 4.14. The summed E-state index contributed by atoms with van der Waals surface area (Å²) in [6, 6.07) is 4.96. The van der Waals surface area contributed by atoms with E-state index in [9.17, 15) is 9.18 Å². The van der Waals surface area contributed by atoms with E-state index in [1.54, 1.807) is 13.0 Å². The number of amides is 1. The summed E-state index contributed by atoms with van der Waals surface area (Å²) >= 11 is 0. The number of rotatable bonds is 5. The molecule has 94 valence electrons. The molecule has 3 N–H and O–H groups in total. The van der Waals surface area contributed by atoms with Gasteiger partial charge in [0.15, 0.2) is 0 Å². The average Bonchev–Trinajstić information content (AvgIpc) is 2.32. The highest BCUT2D eigenvalue weighted by molar-refractivity contribution is 5.78. The van der Waals surface area contributed by atoms with Crippen molar-refractivity contribution >= 4 is 5.91 Å². The Hall–Kier alpha value is -1.42. The molecule has 1 unspecified atom stereocenters. The first kappa shape index (κ1) is 13.6. The molecule has 0 heterocycles. The number of halogens is 1. The lowest BCUT2D eigenvalue weighted by atomic mass is 10.1. The van der Waals surface area contributed by atoms with E-state index in [2.05, 4.69) is 5.32 Å². The molecule has 0 saturated carbocycles. The van der Waals surface area contributed by atoms with Crippen LogP contribution < -0.4 is 11.1 Å². The zero-order valence-electron chi connectivity index (χ0n) is 10.3. The summed E-state index contributed by atoms with van der Waals surface area (Å²) in [6.45, 7) is 4.30. The first-order chi connectivity index (χ1) is 8.08. The van der Waals surface area contributed by atoms with E-state index in [1.807, 2.05) is 13.0 Å². The van der Waals surface area contributed by atoms with Gasteiger partial charge in [-0.15, -0.1) is 0 Å². The molecule has 1 rings (SSSR count). The number of nitrogens with one attached hydrogen (secondary N) is 1. The molecule has 0 aliphatic rings. The Morgan fingerprint density at radius 2 is 2.24 bits per heavy atom. The van der Waals surface area contributed by atoms with Gasteiger partial charge in [0.1, 0.15) is 5.82 Å². The molecule has 4 heteroatoms. The first-order valence-corrected chi connectivity index (χ1v) is 5.81. The van der Waals surface area contributed by atoms with E-state index in [1.165, 1.54) is 6.07 Å². The number of aryl methyl sites for hydroxylation is 1. The van der Waals surface area contributed by atoms with Crippen molar-refractivity contribution in [3.63, 3.8) is 0 Å². The SMILES string of the molecule is CCC(CN)C(=O)NCc1ccc(C)c(F)c1. The van der Waals surface area contributed by atoms with Gasteiger partial charge in [0.25, 0.3) is 0 Å². The largest absolute Gasteiger partial charge is 0.352 e. The average molecular weight is 238 g/mol. The summed E-state index contributed by atoms with van der Waals surface area (Å²) < 4.78 is 13.3. The van der Waals surface area contributed by atoms with Crippen LogP contribution in [0.5, 0.6) is 0 Å². The fraction of sp³-hybridized carbons (Fsp3) is 0.462. The van der Waals surface area contributed by atoms with Crippen molar-refractivity contribution < 1.29 is 9.18 Å². The molecule has 0 aromatic heterocycles. The van der Waals surface area contributed by atoms with Crippen LogP contribution >= 0.6 is 0 Å². The van der Waals surface area contributed by atoms with Crippen LogP contribution in [0.1, 0.15) is 24.5 Å². The fourth-order valence-electron chi connectivity index (χ4n) is 1.54. The maximum absolute atomic E-state index is 13.3. The number of hydrogen-bond donors (Lipinski definition) is 2. The number of hydrogen-bond acceptors (Lipinski definition) is 2. The van der Waals surface area contributed by atoms with Gasteiger partial charge >= 0.3 is 0 Å². The summed E-state index contributed by atoms with van der Waals surface area (Å²) in [7, 11) is 0. The smallest absolute Gasteiger partial charge is 0.224 e. The second kappa shape index (κ2) is 6.35. The molecular formula is C13H19FN2O. The van der Waals surface area contributed by atoms with Gasteiger partial charge in [-0.2, -0.15) is 0 Å². The third-order valence-electron chi connectivity index (χ3n) is 2.85. The molecule has 3 nitrogen and oxygen atoms in total. The number of nitrogens with two attached hydrogens (primary N) is 1. The first-order valence-electron chi connectivity index (χ1n) is 5.81. The summed E-state index contributed by atoms with van der Waals surface area (Å²) in [5.41, 5.74) is 6.84. The summed E-state index contributed by atoms with van der Waals surface area (Å²) in [6.07, 6.45) is 0.713. The summed E-state index contributed by atoms with van der Waals surface area (Å²) in [4.78, 5) is 11.6. The highest BCUT2D eigenvalue weighted by atomic mass is 19.1. The predicted molar refractivity (Wildman–Crippen MR) is 65.8 cm³/mol. The number of carbonyl (C=O) groups is 1.